The molecule has 6 heavy (non-hydrogen) atoms. The highest BCUT2D eigenvalue weighted by molar-refractivity contribution is 4.70. The van der Waals surface area contributed by atoms with Crippen molar-refractivity contribution in [2.24, 2.45) is 0 Å². The standard InChI is InChI=1S/C5H12N/c1-4-5(2)6-3/h4-6H,1-3H3/q-1. The molecule has 1 nitrogen and oxygen atoms in total. The third-order valence-electron chi connectivity index (χ3n) is 0.955. The van der Waals surface area contributed by atoms with Crippen molar-refractivity contribution in [3.05, 3.63) is 6.42 Å². The summed E-state index contributed by atoms with van der Waals surface area (Å²) in [5.74, 6) is 0. The van der Waals surface area contributed by atoms with E-state index in [1.807, 2.05) is 14.0 Å². The Hall–Kier alpha value is -0.0400. The summed E-state index contributed by atoms with van der Waals surface area (Å²) in [5.41, 5.74) is 0. The second-order valence-electron chi connectivity index (χ2n) is 1.41. The van der Waals surface area contributed by atoms with Crippen molar-refractivity contribution in [3.63, 3.8) is 0 Å². The van der Waals surface area contributed by atoms with Crippen molar-refractivity contribution in [3.8, 4) is 0 Å². The first kappa shape index (κ1) is 5.96. The molecule has 1 atom stereocenters. The van der Waals surface area contributed by atoms with Crippen LogP contribution in [0.5, 0.6) is 0 Å². The smallest absolute Gasteiger partial charge is 0.0190 e. The van der Waals surface area contributed by atoms with E-state index in [-0.39, 0.29) is 0 Å². The summed E-state index contributed by atoms with van der Waals surface area (Å²) in [5, 5.41) is 3.06. The fourth-order valence-electron chi connectivity index (χ4n) is 0.167. The minimum Gasteiger partial charge on any atom is -0.346 e. The fourth-order valence-corrected chi connectivity index (χ4v) is 0.167. The summed E-state index contributed by atoms with van der Waals surface area (Å²) >= 11 is 0. The molecule has 0 heterocycles. The summed E-state index contributed by atoms with van der Waals surface area (Å²) in [7, 11) is 1.95. The molecule has 0 spiro atoms. The van der Waals surface area contributed by atoms with Crippen molar-refractivity contribution in [1.29, 1.82) is 0 Å². The van der Waals surface area contributed by atoms with Crippen LogP contribution in [0.15, 0.2) is 0 Å². The lowest BCUT2D eigenvalue weighted by Gasteiger charge is -2.13. The Morgan fingerprint density at radius 3 is 2.17 bits per heavy atom. The quantitative estimate of drug-likeness (QED) is 0.490. The van der Waals surface area contributed by atoms with E-state index in [1.54, 1.807) is 0 Å². The Labute approximate surface area is 39.7 Å². The van der Waals surface area contributed by atoms with Gasteiger partial charge in [-0.05, 0) is 7.05 Å². The van der Waals surface area contributed by atoms with Gasteiger partial charge in [-0.1, -0.05) is 6.92 Å². The number of nitrogens with one attached hydrogen (secondary N) is 1. The van der Waals surface area contributed by atoms with Crippen LogP contribution in [-0.2, 0) is 0 Å². The summed E-state index contributed by atoms with van der Waals surface area (Å²) in [4.78, 5) is 0. The van der Waals surface area contributed by atoms with Gasteiger partial charge in [0.2, 0.25) is 0 Å². The van der Waals surface area contributed by atoms with Crippen LogP contribution in [0.1, 0.15) is 13.8 Å². The zero-order valence-electron chi connectivity index (χ0n) is 4.65. The van der Waals surface area contributed by atoms with Gasteiger partial charge in [0.15, 0.2) is 0 Å². The van der Waals surface area contributed by atoms with Gasteiger partial charge >= 0.3 is 0 Å². The summed E-state index contributed by atoms with van der Waals surface area (Å²) in [6, 6.07) is 0.560. The molecule has 0 aliphatic carbocycles. The van der Waals surface area contributed by atoms with E-state index >= 15 is 0 Å². The lowest BCUT2D eigenvalue weighted by Crippen LogP contribution is -2.19. The van der Waals surface area contributed by atoms with Gasteiger partial charge in [0.1, 0.15) is 0 Å². The molecule has 0 aliphatic rings. The van der Waals surface area contributed by atoms with Crippen LogP contribution in [0, 0.1) is 6.42 Å². The van der Waals surface area contributed by atoms with Crippen LogP contribution in [0.3, 0.4) is 0 Å². The lowest BCUT2D eigenvalue weighted by molar-refractivity contribution is 0.687. The van der Waals surface area contributed by atoms with Crippen molar-refractivity contribution in [1.82, 2.24) is 5.32 Å². The molecule has 0 bridgehead atoms. The average molecular weight is 86.2 g/mol. The molecule has 1 heteroatoms. The van der Waals surface area contributed by atoms with Gasteiger partial charge in [-0.25, -0.2) is 0 Å². The predicted molar refractivity (Wildman–Crippen MR) is 28.5 cm³/mol. The molecule has 1 unspecified atom stereocenters. The lowest BCUT2D eigenvalue weighted by atomic mass is 10.3. The number of rotatable bonds is 2. The van der Waals surface area contributed by atoms with Gasteiger partial charge in [-0.3, -0.25) is 0 Å². The molecule has 0 fully saturated rings. The topological polar surface area (TPSA) is 12.0 Å². The maximum absolute atomic E-state index is 3.06. The summed E-state index contributed by atoms with van der Waals surface area (Å²) in [6.07, 6.45) is 2.11. The third kappa shape index (κ3) is 2.21. The van der Waals surface area contributed by atoms with Gasteiger partial charge in [0.25, 0.3) is 0 Å². The first-order valence-electron chi connectivity index (χ1n) is 2.28. The summed E-state index contributed by atoms with van der Waals surface area (Å²) < 4.78 is 0. The molecular weight excluding hydrogens is 74.1 g/mol. The molecule has 0 aromatic heterocycles. The Morgan fingerprint density at radius 2 is 2.17 bits per heavy atom. The number of hydrogen-bond donors (Lipinski definition) is 1. The zero-order valence-corrected chi connectivity index (χ0v) is 4.65. The maximum Gasteiger partial charge on any atom is -0.0190 e. The molecule has 0 aromatic rings. The van der Waals surface area contributed by atoms with E-state index in [2.05, 4.69) is 18.7 Å². The highest BCUT2D eigenvalue weighted by Gasteiger charge is 1.74. The molecule has 0 aromatic carbocycles. The van der Waals surface area contributed by atoms with Crippen LogP contribution in [0.2, 0.25) is 0 Å². The monoisotopic (exact) mass is 86.1 g/mol. The van der Waals surface area contributed by atoms with E-state index in [9.17, 15) is 0 Å². The van der Waals surface area contributed by atoms with Crippen LogP contribution in [0.4, 0.5) is 0 Å². The van der Waals surface area contributed by atoms with E-state index in [0.717, 1.165) is 0 Å². The van der Waals surface area contributed by atoms with Gasteiger partial charge in [0, 0.05) is 0 Å². The van der Waals surface area contributed by atoms with Crippen LogP contribution >= 0.6 is 0 Å². The Bertz CT molecular complexity index is 23.1. The van der Waals surface area contributed by atoms with Gasteiger partial charge in [-0.2, -0.15) is 6.92 Å². The van der Waals surface area contributed by atoms with E-state index in [0.29, 0.717) is 6.04 Å². The van der Waals surface area contributed by atoms with Crippen molar-refractivity contribution < 1.29 is 0 Å². The molecule has 0 amide bonds. The first-order chi connectivity index (χ1) is 2.81. The summed E-state index contributed by atoms with van der Waals surface area (Å²) in [6.45, 7) is 4.15. The largest absolute Gasteiger partial charge is 0.346 e. The highest BCUT2D eigenvalue weighted by atomic mass is 14.8. The second-order valence-corrected chi connectivity index (χ2v) is 1.41. The third-order valence-corrected chi connectivity index (χ3v) is 0.955. The molecule has 0 saturated heterocycles. The molecule has 1 N–H and O–H groups in total. The van der Waals surface area contributed by atoms with Crippen molar-refractivity contribution >= 4 is 0 Å². The average Bonchev–Trinajstić information content (AvgIpc) is 1.65. The van der Waals surface area contributed by atoms with E-state index < -0.39 is 0 Å². The number of hydrogen-bond acceptors (Lipinski definition) is 1. The molecular formula is C5H12N-. The predicted octanol–water partition coefficient (Wildman–Crippen LogP) is 0.818. The first-order valence-corrected chi connectivity index (χ1v) is 2.28. The minimum atomic E-state index is 0.560. The Balaban J connectivity index is 2.75. The van der Waals surface area contributed by atoms with Gasteiger partial charge < -0.3 is 11.7 Å². The maximum atomic E-state index is 3.06. The normalized spacial score (nSPS) is 14.5. The molecule has 0 rings (SSSR count). The Morgan fingerprint density at radius 1 is 1.67 bits per heavy atom. The van der Waals surface area contributed by atoms with Crippen molar-refractivity contribution in [2.75, 3.05) is 7.05 Å². The minimum absolute atomic E-state index is 0.560. The SMILES string of the molecule is C[CH-]C(C)NC. The molecule has 0 radical (unpaired) electrons. The van der Waals surface area contributed by atoms with E-state index in [4.69, 9.17) is 0 Å². The van der Waals surface area contributed by atoms with Crippen LogP contribution in [0.25, 0.3) is 0 Å². The van der Waals surface area contributed by atoms with Gasteiger partial charge in [-0.15, -0.1) is 6.04 Å². The van der Waals surface area contributed by atoms with Crippen molar-refractivity contribution in [2.45, 2.75) is 19.9 Å². The molecule has 38 valence electrons. The fraction of sp³-hybridized carbons (Fsp3) is 0.800. The molecule has 0 saturated carbocycles. The Kier molecular flexibility index (Phi) is 3.14. The highest BCUT2D eigenvalue weighted by Crippen LogP contribution is 1.80. The zero-order chi connectivity index (χ0) is 4.99. The van der Waals surface area contributed by atoms with Crippen LogP contribution in [-0.4, -0.2) is 13.1 Å². The van der Waals surface area contributed by atoms with Crippen LogP contribution < -0.4 is 5.32 Å². The van der Waals surface area contributed by atoms with Gasteiger partial charge in [0.05, 0.1) is 0 Å². The molecule has 0 aliphatic heterocycles. The second kappa shape index (κ2) is 3.16. The van der Waals surface area contributed by atoms with E-state index in [1.165, 1.54) is 0 Å².